The molecule has 16 heavy (non-hydrogen) atoms. The summed E-state index contributed by atoms with van der Waals surface area (Å²) < 4.78 is 35.8. The van der Waals surface area contributed by atoms with Crippen LogP contribution in [-0.4, -0.2) is 24.7 Å². The molecule has 0 saturated carbocycles. The van der Waals surface area contributed by atoms with E-state index in [1.54, 1.807) is 0 Å². The number of benzene rings is 1. The van der Waals surface area contributed by atoms with Gasteiger partial charge >= 0.3 is 5.97 Å². The summed E-state index contributed by atoms with van der Waals surface area (Å²) in [6.07, 6.45) is 0. The lowest BCUT2D eigenvalue weighted by Gasteiger charge is -2.06. The molecule has 6 nitrogen and oxygen atoms in total. The highest BCUT2D eigenvalue weighted by molar-refractivity contribution is 9.10. The Morgan fingerprint density at radius 1 is 1.44 bits per heavy atom. The first-order chi connectivity index (χ1) is 7.29. The van der Waals surface area contributed by atoms with Gasteiger partial charge in [0.2, 0.25) is 0 Å². The van der Waals surface area contributed by atoms with Crippen molar-refractivity contribution in [2.75, 3.05) is 0 Å². The van der Waals surface area contributed by atoms with Crippen LogP contribution in [0.1, 0.15) is 10.4 Å². The molecular weight excluding hydrogens is 309 g/mol. The number of hydrogen-bond donors (Lipinski definition) is 3. The fourth-order valence-electron chi connectivity index (χ4n) is 0.965. The maximum Gasteiger partial charge on any atom is 0.338 e. The molecule has 0 aliphatic heterocycles. The Bertz CT molecular complexity index is 544. The predicted octanol–water partition coefficient (Wildman–Crippen LogP) is 0.954. The molecule has 1 aromatic carbocycles. The predicted molar refractivity (Wildman–Crippen MR) is 53.2 cm³/mol. The van der Waals surface area contributed by atoms with Crippen molar-refractivity contribution >= 4 is 31.9 Å². The molecule has 1 aromatic rings. The smallest absolute Gasteiger partial charge is 0.338 e. The average molecular weight is 314 g/mol. The molecule has 0 unspecified atom stereocenters. The first-order valence-corrected chi connectivity index (χ1v) is 5.95. The number of nitrogens with one attached hydrogen (secondary N) is 1. The van der Waals surface area contributed by atoms with Crippen molar-refractivity contribution in [1.29, 1.82) is 0 Å². The zero-order chi connectivity index (χ0) is 12.5. The quantitative estimate of drug-likeness (QED) is 0.721. The van der Waals surface area contributed by atoms with Gasteiger partial charge in [0, 0.05) is 4.47 Å². The third-order valence-corrected chi connectivity index (χ3v) is 3.22. The van der Waals surface area contributed by atoms with Crippen LogP contribution in [0.3, 0.4) is 0 Å². The van der Waals surface area contributed by atoms with Gasteiger partial charge in [-0.15, -0.1) is 0 Å². The van der Waals surface area contributed by atoms with E-state index in [0.717, 1.165) is 17.0 Å². The van der Waals surface area contributed by atoms with Crippen LogP contribution in [0.15, 0.2) is 21.5 Å². The number of carboxylic acids is 1. The van der Waals surface area contributed by atoms with Gasteiger partial charge in [-0.25, -0.2) is 17.6 Å². The molecule has 0 atom stereocenters. The monoisotopic (exact) mass is 313 g/mol. The molecule has 0 heterocycles. The molecule has 0 aliphatic carbocycles. The van der Waals surface area contributed by atoms with E-state index in [-0.39, 0.29) is 4.47 Å². The van der Waals surface area contributed by atoms with Gasteiger partial charge in [0.15, 0.2) is 5.82 Å². The van der Waals surface area contributed by atoms with E-state index in [1.165, 1.54) is 0 Å². The number of hydrogen-bond acceptors (Lipinski definition) is 4. The molecule has 0 amide bonds. The van der Waals surface area contributed by atoms with E-state index in [0.29, 0.717) is 0 Å². The number of halogens is 2. The summed E-state index contributed by atoms with van der Waals surface area (Å²) in [7, 11) is -4.47. The Balaban J connectivity index is 3.60. The van der Waals surface area contributed by atoms with Crippen molar-refractivity contribution in [1.82, 2.24) is 4.89 Å². The van der Waals surface area contributed by atoms with Gasteiger partial charge in [-0.05, 0) is 12.1 Å². The van der Waals surface area contributed by atoms with Gasteiger partial charge in [0.05, 0.1) is 5.56 Å². The summed E-state index contributed by atoms with van der Waals surface area (Å²) in [6.45, 7) is 0. The third kappa shape index (κ3) is 2.38. The summed E-state index contributed by atoms with van der Waals surface area (Å²) in [5.74, 6) is -3.06. The van der Waals surface area contributed by atoms with Crippen LogP contribution in [-0.2, 0) is 10.0 Å². The van der Waals surface area contributed by atoms with E-state index in [9.17, 15) is 17.6 Å². The Kier molecular flexibility index (Phi) is 3.63. The lowest BCUT2D eigenvalue weighted by atomic mass is 10.2. The minimum atomic E-state index is -4.47. The number of sulfonamides is 1. The Labute approximate surface area is 97.8 Å². The number of carboxylic acid groups (broad SMARTS) is 1. The molecule has 0 bridgehead atoms. The van der Waals surface area contributed by atoms with Crippen molar-refractivity contribution in [3.8, 4) is 0 Å². The van der Waals surface area contributed by atoms with Crippen LogP contribution in [0.25, 0.3) is 0 Å². The normalized spacial score (nSPS) is 11.4. The topological polar surface area (TPSA) is 104 Å². The first-order valence-electron chi connectivity index (χ1n) is 3.68. The highest BCUT2D eigenvalue weighted by atomic mass is 79.9. The fraction of sp³-hybridized carbons (Fsp3) is 0. The molecule has 1 rings (SSSR count). The SMILES string of the molecule is O=C(O)c1cc(Br)cc(S(=O)(=O)NO)c1F. The van der Waals surface area contributed by atoms with Crippen LogP contribution >= 0.6 is 15.9 Å². The molecule has 3 N–H and O–H groups in total. The van der Waals surface area contributed by atoms with E-state index in [1.807, 2.05) is 0 Å². The Morgan fingerprint density at radius 2 is 2.00 bits per heavy atom. The van der Waals surface area contributed by atoms with Gasteiger partial charge in [0.25, 0.3) is 10.0 Å². The molecule has 0 radical (unpaired) electrons. The van der Waals surface area contributed by atoms with E-state index >= 15 is 0 Å². The van der Waals surface area contributed by atoms with E-state index in [4.69, 9.17) is 10.3 Å². The average Bonchev–Trinajstić information content (AvgIpc) is 2.20. The zero-order valence-corrected chi connectivity index (χ0v) is 9.84. The number of carbonyl (C=O) groups is 1. The summed E-state index contributed by atoms with van der Waals surface area (Å²) in [5.41, 5.74) is -0.816. The minimum absolute atomic E-state index is 0.0557. The van der Waals surface area contributed by atoms with E-state index < -0.39 is 32.3 Å². The zero-order valence-electron chi connectivity index (χ0n) is 7.44. The van der Waals surface area contributed by atoms with Gasteiger partial charge < -0.3 is 10.3 Å². The molecule has 88 valence electrons. The highest BCUT2D eigenvalue weighted by Crippen LogP contribution is 2.23. The Morgan fingerprint density at radius 3 is 2.44 bits per heavy atom. The lowest BCUT2D eigenvalue weighted by Crippen LogP contribution is -2.21. The van der Waals surface area contributed by atoms with Crippen LogP contribution in [0.5, 0.6) is 0 Å². The van der Waals surface area contributed by atoms with Gasteiger partial charge in [-0.1, -0.05) is 20.8 Å². The van der Waals surface area contributed by atoms with Gasteiger partial charge in [-0.2, -0.15) is 0 Å². The van der Waals surface area contributed by atoms with Gasteiger partial charge in [-0.3, -0.25) is 0 Å². The minimum Gasteiger partial charge on any atom is -0.478 e. The molecular formula is C7H5BrFNO5S. The van der Waals surface area contributed by atoms with Crippen LogP contribution < -0.4 is 4.89 Å². The lowest BCUT2D eigenvalue weighted by molar-refractivity contribution is 0.0691. The van der Waals surface area contributed by atoms with Crippen molar-refractivity contribution in [2.45, 2.75) is 4.90 Å². The molecule has 0 fully saturated rings. The third-order valence-electron chi connectivity index (χ3n) is 1.64. The van der Waals surface area contributed by atoms with Crippen LogP contribution in [0.2, 0.25) is 0 Å². The van der Waals surface area contributed by atoms with Crippen LogP contribution in [0.4, 0.5) is 4.39 Å². The van der Waals surface area contributed by atoms with E-state index in [2.05, 4.69) is 15.9 Å². The van der Waals surface area contributed by atoms with Crippen molar-refractivity contribution in [3.05, 3.63) is 28.0 Å². The summed E-state index contributed by atoms with van der Waals surface area (Å²) in [4.78, 5) is 10.6. The second-order valence-electron chi connectivity index (χ2n) is 2.67. The largest absolute Gasteiger partial charge is 0.478 e. The maximum atomic E-state index is 13.5. The fourth-order valence-corrected chi connectivity index (χ4v) is 2.30. The first kappa shape index (κ1) is 13.0. The molecule has 9 heteroatoms. The number of rotatable bonds is 3. The molecule has 0 saturated heterocycles. The summed E-state index contributed by atoms with van der Waals surface area (Å²) in [6, 6.07) is 1.74. The molecule has 0 aromatic heterocycles. The van der Waals surface area contributed by atoms with Crippen molar-refractivity contribution < 1.29 is 27.9 Å². The summed E-state index contributed by atoms with van der Waals surface area (Å²) in [5, 5.41) is 16.9. The number of aromatic carboxylic acids is 1. The van der Waals surface area contributed by atoms with Crippen molar-refractivity contribution in [2.24, 2.45) is 0 Å². The molecule has 0 spiro atoms. The highest BCUT2D eigenvalue weighted by Gasteiger charge is 2.24. The molecule has 0 aliphatic rings. The maximum absolute atomic E-state index is 13.5. The second-order valence-corrected chi connectivity index (χ2v) is 5.21. The van der Waals surface area contributed by atoms with Crippen LogP contribution in [0, 0.1) is 5.82 Å². The van der Waals surface area contributed by atoms with Crippen molar-refractivity contribution in [3.63, 3.8) is 0 Å². The summed E-state index contributed by atoms with van der Waals surface area (Å²) >= 11 is 2.83. The Hall–Kier alpha value is -1.03. The standard InChI is InChI=1S/C7H5BrFNO5S/c8-3-1-4(7(11)12)6(9)5(2-3)16(14,15)10-13/h1-2,10,13H,(H,11,12). The van der Waals surface area contributed by atoms with Gasteiger partial charge in [0.1, 0.15) is 4.90 Å². The second kappa shape index (κ2) is 4.45.